The largest absolute Gasteiger partial charge is 0.386 e. The van der Waals surface area contributed by atoms with Gasteiger partial charge in [-0.25, -0.2) is 0 Å². The molecule has 3 nitrogen and oxygen atoms in total. The summed E-state index contributed by atoms with van der Waals surface area (Å²) < 4.78 is 2.96. The molecule has 17 heavy (non-hydrogen) atoms. The average molecular weight is 315 g/mol. The minimum Gasteiger partial charge on any atom is -0.386 e. The predicted molar refractivity (Wildman–Crippen MR) is 73.3 cm³/mol. The summed E-state index contributed by atoms with van der Waals surface area (Å²) >= 11 is 5.09. The maximum Gasteiger partial charge on any atom is 0.100 e. The van der Waals surface area contributed by atoms with Gasteiger partial charge in [0.1, 0.15) is 6.10 Å². The Morgan fingerprint density at radius 3 is 2.88 bits per heavy atom. The molecule has 0 spiro atoms. The second-order valence-corrected chi connectivity index (χ2v) is 6.50. The van der Waals surface area contributed by atoms with Crippen LogP contribution in [0.25, 0.3) is 0 Å². The van der Waals surface area contributed by atoms with Gasteiger partial charge in [-0.3, -0.25) is 4.68 Å². The van der Waals surface area contributed by atoms with Crippen molar-refractivity contribution in [1.29, 1.82) is 0 Å². The third kappa shape index (κ3) is 2.97. The summed E-state index contributed by atoms with van der Waals surface area (Å²) in [6.07, 6.45) is 0.156. The lowest BCUT2D eigenvalue weighted by atomic mass is 10.1. The molecular formula is C12H15BrN2OS. The lowest BCUT2D eigenvalue weighted by molar-refractivity contribution is 0.168. The van der Waals surface area contributed by atoms with E-state index in [4.69, 9.17) is 0 Å². The molecule has 2 aromatic heterocycles. The van der Waals surface area contributed by atoms with Crippen LogP contribution < -0.4 is 0 Å². The number of aliphatic hydroxyl groups excluding tert-OH is 1. The first-order chi connectivity index (χ1) is 8.10. The van der Waals surface area contributed by atoms with E-state index in [1.54, 1.807) is 11.3 Å². The standard InChI is InChI=1S/C12H15BrN2OS/c1-3-15-10(6-8(2)14-15)11(16)7-9-4-5-12(13)17-9/h4-6,11,16H,3,7H2,1-2H3. The number of aliphatic hydroxyl groups is 1. The number of hydrogen-bond acceptors (Lipinski definition) is 3. The van der Waals surface area contributed by atoms with Crippen molar-refractivity contribution in [2.45, 2.75) is 32.9 Å². The first-order valence-corrected chi connectivity index (χ1v) is 7.17. The van der Waals surface area contributed by atoms with Crippen LogP contribution >= 0.6 is 27.3 Å². The van der Waals surface area contributed by atoms with E-state index in [1.165, 1.54) is 4.88 Å². The Kier molecular flexibility index (Phi) is 4.01. The second kappa shape index (κ2) is 5.33. The van der Waals surface area contributed by atoms with Crippen molar-refractivity contribution in [2.24, 2.45) is 0 Å². The Labute approximate surface area is 113 Å². The molecule has 0 aliphatic carbocycles. The Morgan fingerprint density at radius 2 is 2.29 bits per heavy atom. The molecule has 0 saturated heterocycles. The summed E-state index contributed by atoms with van der Waals surface area (Å²) in [6, 6.07) is 6.00. The van der Waals surface area contributed by atoms with Crippen molar-refractivity contribution in [1.82, 2.24) is 9.78 Å². The van der Waals surface area contributed by atoms with E-state index in [0.717, 1.165) is 21.7 Å². The van der Waals surface area contributed by atoms with E-state index >= 15 is 0 Å². The van der Waals surface area contributed by atoms with Crippen molar-refractivity contribution in [3.05, 3.63) is 38.3 Å². The summed E-state index contributed by atoms with van der Waals surface area (Å²) in [6.45, 7) is 4.77. The van der Waals surface area contributed by atoms with Crippen LogP contribution in [0, 0.1) is 6.92 Å². The Morgan fingerprint density at radius 1 is 1.53 bits per heavy atom. The molecule has 0 radical (unpaired) electrons. The first-order valence-electron chi connectivity index (χ1n) is 5.56. The van der Waals surface area contributed by atoms with Gasteiger partial charge in [0.25, 0.3) is 0 Å². The molecule has 0 aromatic carbocycles. The fraction of sp³-hybridized carbons (Fsp3) is 0.417. The maximum absolute atomic E-state index is 10.2. The highest BCUT2D eigenvalue weighted by Crippen LogP contribution is 2.27. The van der Waals surface area contributed by atoms with Gasteiger partial charge in [-0.1, -0.05) is 0 Å². The van der Waals surface area contributed by atoms with E-state index in [0.29, 0.717) is 6.42 Å². The van der Waals surface area contributed by atoms with Gasteiger partial charge in [0, 0.05) is 17.8 Å². The molecule has 0 bridgehead atoms. The van der Waals surface area contributed by atoms with Gasteiger partial charge >= 0.3 is 0 Å². The summed E-state index contributed by atoms with van der Waals surface area (Å²) in [7, 11) is 0. The Hall–Kier alpha value is -0.650. The van der Waals surface area contributed by atoms with Crippen molar-refractivity contribution < 1.29 is 5.11 Å². The van der Waals surface area contributed by atoms with E-state index in [1.807, 2.05) is 36.7 Å². The van der Waals surface area contributed by atoms with Gasteiger partial charge in [0.15, 0.2) is 0 Å². The van der Waals surface area contributed by atoms with E-state index in [2.05, 4.69) is 21.0 Å². The molecule has 1 unspecified atom stereocenters. The zero-order chi connectivity index (χ0) is 12.4. The predicted octanol–water partition coefficient (Wildman–Crippen LogP) is 3.31. The van der Waals surface area contributed by atoms with Gasteiger partial charge in [0.05, 0.1) is 15.2 Å². The summed E-state index contributed by atoms with van der Waals surface area (Å²) in [5.41, 5.74) is 1.85. The number of aromatic nitrogens is 2. The third-order valence-corrected chi connectivity index (χ3v) is 4.24. The fourth-order valence-corrected chi connectivity index (χ4v) is 3.36. The van der Waals surface area contributed by atoms with Gasteiger partial charge < -0.3 is 5.11 Å². The van der Waals surface area contributed by atoms with E-state index in [9.17, 15) is 5.11 Å². The number of thiophene rings is 1. The highest BCUT2D eigenvalue weighted by Gasteiger charge is 2.15. The van der Waals surface area contributed by atoms with Crippen LogP contribution in [0.5, 0.6) is 0 Å². The van der Waals surface area contributed by atoms with Crippen molar-refractivity contribution >= 4 is 27.3 Å². The van der Waals surface area contributed by atoms with Crippen molar-refractivity contribution in [2.75, 3.05) is 0 Å². The quantitative estimate of drug-likeness (QED) is 0.940. The molecule has 2 heterocycles. The average Bonchev–Trinajstić information content (AvgIpc) is 2.84. The van der Waals surface area contributed by atoms with Gasteiger partial charge in [-0.2, -0.15) is 5.10 Å². The molecule has 0 aliphatic rings. The van der Waals surface area contributed by atoms with Gasteiger partial charge in [-0.15, -0.1) is 11.3 Å². The topological polar surface area (TPSA) is 38.0 Å². The number of hydrogen-bond donors (Lipinski definition) is 1. The van der Waals surface area contributed by atoms with E-state index in [-0.39, 0.29) is 0 Å². The monoisotopic (exact) mass is 314 g/mol. The fourth-order valence-electron chi connectivity index (χ4n) is 1.84. The van der Waals surface area contributed by atoms with Crippen LogP contribution in [0.4, 0.5) is 0 Å². The molecule has 0 aliphatic heterocycles. The number of aryl methyl sites for hydroxylation is 2. The van der Waals surface area contributed by atoms with Crippen LogP contribution in [-0.2, 0) is 13.0 Å². The van der Waals surface area contributed by atoms with Crippen LogP contribution in [0.1, 0.15) is 29.3 Å². The van der Waals surface area contributed by atoms with Crippen LogP contribution in [0.3, 0.4) is 0 Å². The van der Waals surface area contributed by atoms with Crippen molar-refractivity contribution in [3.63, 3.8) is 0 Å². The lowest BCUT2D eigenvalue weighted by Crippen LogP contribution is -2.09. The van der Waals surface area contributed by atoms with Crippen LogP contribution in [0.2, 0.25) is 0 Å². The highest BCUT2D eigenvalue weighted by atomic mass is 79.9. The summed E-state index contributed by atoms with van der Waals surface area (Å²) in [4.78, 5) is 1.17. The molecule has 1 atom stereocenters. The molecule has 0 saturated carbocycles. The summed E-state index contributed by atoms with van der Waals surface area (Å²) in [5, 5.41) is 14.6. The van der Waals surface area contributed by atoms with Crippen LogP contribution in [0.15, 0.2) is 22.0 Å². The third-order valence-electron chi connectivity index (χ3n) is 2.60. The minimum absolute atomic E-state index is 0.485. The Balaban J connectivity index is 2.16. The molecular weight excluding hydrogens is 300 g/mol. The highest BCUT2D eigenvalue weighted by molar-refractivity contribution is 9.11. The van der Waals surface area contributed by atoms with E-state index < -0.39 is 6.10 Å². The zero-order valence-electron chi connectivity index (χ0n) is 9.85. The number of nitrogens with zero attached hydrogens (tertiary/aromatic N) is 2. The normalized spacial score (nSPS) is 12.9. The zero-order valence-corrected chi connectivity index (χ0v) is 12.3. The molecule has 92 valence electrons. The molecule has 2 aromatic rings. The molecule has 0 amide bonds. The maximum atomic E-state index is 10.2. The van der Waals surface area contributed by atoms with Gasteiger partial charge in [0.2, 0.25) is 0 Å². The summed E-state index contributed by atoms with van der Waals surface area (Å²) in [5.74, 6) is 0. The molecule has 1 N–H and O–H groups in total. The van der Waals surface area contributed by atoms with Gasteiger partial charge in [-0.05, 0) is 48.0 Å². The first kappa shape index (κ1) is 12.8. The van der Waals surface area contributed by atoms with Crippen molar-refractivity contribution in [3.8, 4) is 0 Å². The minimum atomic E-state index is -0.485. The Bertz CT molecular complexity index is 506. The van der Waals surface area contributed by atoms with Crippen LogP contribution in [-0.4, -0.2) is 14.9 Å². The smallest absolute Gasteiger partial charge is 0.100 e. The molecule has 5 heteroatoms. The lowest BCUT2D eigenvalue weighted by Gasteiger charge is -2.11. The molecule has 2 rings (SSSR count). The number of halogens is 1. The SMILES string of the molecule is CCn1nc(C)cc1C(O)Cc1ccc(Br)s1. The molecule has 0 fully saturated rings. The number of rotatable bonds is 4. The second-order valence-electron chi connectivity index (χ2n) is 3.95.